The van der Waals surface area contributed by atoms with Crippen molar-refractivity contribution < 1.29 is 13.9 Å². The Balaban J connectivity index is 1.93. The van der Waals surface area contributed by atoms with Gasteiger partial charge in [-0.1, -0.05) is 12.1 Å². The molecule has 0 bridgehead atoms. The Labute approximate surface area is 136 Å². The van der Waals surface area contributed by atoms with Crippen molar-refractivity contribution in [3.8, 4) is 5.75 Å². The van der Waals surface area contributed by atoms with Crippen molar-refractivity contribution in [3.05, 3.63) is 52.5 Å². The number of ether oxygens (including phenoxy) is 1. The van der Waals surface area contributed by atoms with Crippen molar-refractivity contribution in [2.75, 3.05) is 6.61 Å². The van der Waals surface area contributed by atoms with Crippen LogP contribution in [0.25, 0.3) is 0 Å². The van der Waals surface area contributed by atoms with Gasteiger partial charge in [0, 0.05) is 5.56 Å². The van der Waals surface area contributed by atoms with E-state index in [1.165, 1.54) is 0 Å². The molecule has 0 aliphatic carbocycles. The summed E-state index contributed by atoms with van der Waals surface area (Å²) in [6.45, 7) is 9.41. The van der Waals surface area contributed by atoms with Gasteiger partial charge < -0.3 is 9.15 Å². The van der Waals surface area contributed by atoms with Gasteiger partial charge in [0.1, 0.15) is 17.3 Å². The first-order valence-electron chi connectivity index (χ1n) is 7.47. The Morgan fingerprint density at radius 3 is 2.61 bits per heavy atom. The summed E-state index contributed by atoms with van der Waals surface area (Å²) >= 11 is 0. The molecular formula is C18H22N2O3. The minimum Gasteiger partial charge on any atom is -0.483 e. The molecule has 1 aromatic carbocycles. The van der Waals surface area contributed by atoms with Crippen LogP contribution < -0.4 is 10.2 Å². The van der Waals surface area contributed by atoms with Crippen LogP contribution in [-0.4, -0.2) is 18.2 Å². The molecule has 2 rings (SSSR count). The van der Waals surface area contributed by atoms with E-state index in [4.69, 9.17) is 9.15 Å². The van der Waals surface area contributed by atoms with E-state index in [1.54, 1.807) is 0 Å². The SMILES string of the molecule is C/C(=N/NC(=O)COc1cc(C)ccc1C)c1cc(C)oc1C. The van der Waals surface area contributed by atoms with Gasteiger partial charge in [-0.15, -0.1) is 0 Å². The summed E-state index contributed by atoms with van der Waals surface area (Å²) in [5.74, 6) is 2.01. The molecular weight excluding hydrogens is 292 g/mol. The van der Waals surface area contributed by atoms with Crippen LogP contribution in [0.15, 0.2) is 33.8 Å². The van der Waals surface area contributed by atoms with E-state index in [-0.39, 0.29) is 12.5 Å². The molecule has 122 valence electrons. The zero-order chi connectivity index (χ0) is 17.0. The average molecular weight is 314 g/mol. The highest BCUT2D eigenvalue weighted by atomic mass is 16.5. The second kappa shape index (κ2) is 7.13. The van der Waals surface area contributed by atoms with Crippen molar-refractivity contribution in [3.63, 3.8) is 0 Å². The molecule has 1 amide bonds. The Morgan fingerprint density at radius 2 is 1.96 bits per heavy atom. The molecule has 1 N–H and O–H groups in total. The fraction of sp³-hybridized carbons (Fsp3) is 0.333. The lowest BCUT2D eigenvalue weighted by molar-refractivity contribution is -0.123. The summed E-state index contributed by atoms with van der Waals surface area (Å²) in [4.78, 5) is 11.9. The van der Waals surface area contributed by atoms with Gasteiger partial charge in [0.05, 0.1) is 5.71 Å². The number of hydrazone groups is 1. The van der Waals surface area contributed by atoms with Crippen LogP contribution in [0.5, 0.6) is 5.75 Å². The smallest absolute Gasteiger partial charge is 0.277 e. The molecule has 0 fully saturated rings. The molecule has 5 nitrogen and oxygen atoms in total. The van der Waals surface area contributed by atoms with Crippen LogP contribution in [0.2, 0.25) is 0 Å². The third-order valence-electron chi connectivity index (χ3n) is 3.48. The highest BCUT2D eigenvalue weighted by Crippen LogP contribution is 2.19. The van der Waals surface area contributed by atoms with Gasteiger partial charge in [-0.3, -0.25) is 4.79 Å². The number of benzene rings is 1. The summed E-state index contributed by atoms with van der Waals surface area (Å²) < 4.78 is 11.0. The largest absolute Gasteiger partial charge is 0.483 e. The lowest BCUT2D eigenvalue weighted by Crippen LogP contribution is -2.25. The molecule has 0 unspecified atom stereocenters. The summed E-state index contributed by atoms with van der Waals surface area (Å²) in [5, 5.41) is 4.10. The quantitative estimate of drug-likeness (QED) is 0.679. The van der Waals surface area contributed by atoms with E-state index >= 15 is 0 Å². The number of rotatable bonds is 5. The maximum atomic E-state index is 11.9. The predicted molar refractivity (Wildman–Crippen MR) is 89.9 cm³/mol. The Morgan fingerprint density at radius 1 is 1.22 bits per heavy atom. The van der Waals surface area contributed by atoms with E-state index in [0.29, 0.717) is 11.5 Å². The van der Waals surface area contributed by atoms with E-state index in [9.17, 15) is 4.79 Å². The standard InChI is InChI=1S/C18H22N2O3/c1-11-6-7-12(2)17(8-11)22-10-18(21)20-19-14(4)16-9-13(3)23-15(16)5/h6-9H,10H2,1-5H3,(H,20,21)/b19-14-. The summed E-state index contributed by atoms with van der Waals surface area (Å²) in [5.41, 5.74) is 6.17. The fourth-order valence-electron chi connectivity index (χ4n) is 2.23. The second-order valence-electron chi connectivity index (χ2n) is 5.62. The zero-order valence-electron chi connectivity index (χ0n) is 14.2. The first-order chi connectivity index (χ1) is 10.9. The van der Waals surface area contributed by atoms with Crippen LogP contribution in [0, 0.1) is 27.7 Å². The van der Waals surface area contributed by atoms with Crippen LogP contribution in [0.3, 0.4) is 0 Å². The van der Waals surface area contributed by atoms with Gasteiger partial charge in [-0.25, -0.2) is 5.43 Å². The number of nitrogens with zero attached hydrogens (tertiary/aromatic N) is 1. The number of hydrogen-bond donors (Lipinski definition) is 1. The third kappa shape index (κ3) is 4.45. The van der Waals surface area contributed by atoms with Gasteiger partial charge in [-0.05, 0) is 57.9 Å². The lowest BCUT2D eigenvalue weighted by Gasteiger charge is -2.09. The van der Waals surface area contributed by atoms with Crippen molar-refractivity contribution in [2.24, 2.45) is 5.10 Å². The summed E-state index contributed by atoms with van der Waals surface area (Å²) in [6.07, 6.45) is 0. The number of carbonyl (C=O) groups is 1. The van der Waals surface area contributed by atoms with E-state index in [1.807, 2.05) is 58.9 Å². The van der Waals surface area contributed by atoms with E-state index in [2.05, 4.69) is 10.5 Å². The molecule has 0 saturated heterocycles. The lowest BCUT2D eigenvalue weighted by atomic mass is 10.1. The minimum absolute atomic E-state index is 0.0789. The molecule has 1 heterocycles. The van der Waals surface area contributed by atoms with Crippen molar-refractivity contribution >= 4 is 11.6 Å². The zero-order valence-corrected chi connectivity index (χ0v) is 14.2. The maximum absolute atomic E-state index is 11.9. The Bertz CT molecular complexity index is 745. The van der Waals surface area contributed by atoms with Crippen LogP contribution in [0.1, 0.15) is 35.1 Å². The Kier molecular flexibility index (Phi) is 5.21. The highest BCUT2D eigenvalue weighted by Gasteiger charge is 2.09. The van der Waals surface area contributed by atoms with Crippen LogP contribution >= 0.6 is 0 Å². The van der Waals surface area contributed by atoms with Gasteiger partial charge in [0.15, 0.2) is 6.61 Å². The number of carbonyl (C=O) groups excluding carboxylic acids is 1. The summed E-state index contributed by atoms with van der Waals surface area (Å²) in [7, 11) is 0. The van der Waals surface area contributed by atoms with Gasteiger partial charge >= 0.3 is 0 Å². The third-order valence-corrected chi connectivity index (χ3v) is 3.48. The molecule has 1 aromatic heterocycles. The van der Waals surface area contributed by atoms with Crippen molar-refractivity contribution in [1.29, 1.82) is 0 Å². The normalized spacial score (nSPS) is 11.4. The monoisotopic (exact) mass is 314 g/mol. The maximum Gasteiger partial charge on any atom is 0.277 e. The van der Waals surface area contributed by atoms with Gasteiger partial charge in [-0.2, -0.15) is 5.10 Å². The molecule has 0 aliphatic rings. The van der Waals surface area contributed by atoms with Crippen LogP contribution in [-0.2, 0) is 4.79 Å². The number of amides is 1. The van der Waals surface area contributed by atoms with Gasteiger partial charge in [0.25, 0.3) is 5.91 Å². The molecule has 0 spiro atoms. The van der Waals surface area contributed by atoms with Crippen molar-refractivity contribution in [1.82, 2.24) is 5.43 Å². The van der Waals surface area contributed by atoms with Crippen LogP contribution in [0.4, 0.5) is 0 Å². The first-order valence-corrected chi connectivity index (χ1v) is 7.47. The molecule has 0 aliphatic heterocycles. The average Bonchev–Trinajstić information content (AvgIpc) is 2.84. The summed E-state index contributed by atoms with van der Waals surface area (Å²) in [6, 6.07) is 7.78. The number of furan rings is 1. The van der Waals surface area contributed by atoms with Gasteiger partial charge in [0.2, 0.25) is 0 Å². The number of aryl methyl sites for hydroxylation is 4. The number of nitrogens with one attached hydrogen (secondary N) is 1. The highest BCUT2D eigenvalue weighted by molar-refractivity contribution is 6.00. The predicted octanol–water partition coefficient (Wildman–Crippen LogP) is 3.43. The second-order valence-corrected chi connectivity index (χ2v) is 5.62. The van der Waals surface area contributed by atoms with Crippen molar-refractivity contribution in [2.45, 2.75) is 34.6 Å². The fourth-order valence-corrected chi connectivity index (χ4v) is 2.23. The minimum atomic E-state index is -0.303. The molecule has 23 heavy (non-hydrogen) atoms. The topological polar surface area (TPSA) is 63.8 Å². The first kappa shape index (κ1) is 16.8. The van der Waals surface area contributed by atoms with E-state index in [0.717, 1.165) is 28.2 Å². The van der Waals surface area contributed by atoms with E-state index < -0.39 is 0 Å². The molecule has 5 heteroatoms. The molecule has 0 atom stereocenters. The Hall–Kier alpha value is -2.56. The molecule has 2 aromatic rings. The number of hydrogen-bond acceptors (Lipinski definition) is 4. The molecule has 0 radical (unpaired) electrons. The molecule has 0 saturated carbocycles.